The molecule has 8 heteroatoms. The van der Waals surface area contributed by atoms with Gasteiger partial charge in [0, 0.05) is 6.54 Å². The summed E-state index contributed by atoms with van der Waals surface area (Å²) in [4.78, 5) is 23.9. The van der Waals surface area contributed by atoms with Crippen LogP contribution in [0.25, 0.3) is 0 Å². The lowest BCUT2D eigenvalue weighted by atomic mass is 10.3. The molecule has 1 aromatic heterocycles. The van der Waals surface area contributed by atoms with Gasteiger partial charge in [-0.25, -0.2) is 0 Å². The van der Waals surface area contributed by atoms with E-state index in [4.69, 9.17) is 5.73 Å². The number of tetrazole rings is 1. The van der Waals surface area contributed by atoms with E-state index in [9.17, 15) is 9.59 Å². The number of rotatable bonds is 6. The van der Waals surface area contributed by atoms with Gasteiger partial charge < -0.3 is 10.6 Å². The summed E-state index contributed by atoms with van der Waals surface area (Å²) in [6.07, 6.45) is 1.70. The first-order valence-corrected chi connectivity index (χ1v) is 4.96. The van der Waals surface area contributed by atoms with Crippen molar-refractivity contribution in [2.45, 2.75) is 19.8 Å². The van der Waals surface area contributed by atoms with Crippen LogP contribution in [0.5, 0.6) is 0 Å². The number of hydrogen-bond acceptors (Lipinski definition) is 5. The highest BCUT2D eigenvalue weighted by atomic mass is 16.2. The summed E-state index contributed by atoms with van der Waals surface area (Å²) >= 11 is 0. The van der Waals surface area contributed by atoms with Crippen LogP contribution < -0.4 is 5.73 Å². The van der Waals surface area contributed by atoms with Gasteiger partial charge in [0.15, 0.2) is 0 Å². The number of amides is 2. The standard InChI is InChI=1S/C8H14N6O2/c1-2-3-4-14(5-6(9)15)8(16)7-10-12-13-11-7/h2-5H2,1H3,(H2,9,15)(H,10,11,12,13). The Balaban J connectivity index is 2.67. The normalized spacial score (nSPS) is 10.1. The number of unbranched alkanes of at least 4 members (excludes halogenated alkanes) is 1. The van der Waals surface area contributed by atoms with E-state index in [1.807, 2.05) is 6.92 Å². The van der Waals surface area contributed by atoms with Crippen molar-refractivity contribution in [3.05, 3.63) is 5.82 Å². The van der Waals surface area contributed by atoms with Crippen LogP contribution in [-0.4, -0.2) is 50.4 Å². The third-order valence-corrected chi connectivity index (χ3v) is 1.95. The molecule has 0 aliphatic heterocycles. The van der Waals surface area contributed by atoms with Crippen LogP contribution in [-0.2, 0) is 4.79 Å². The minimum absolute atomic E-state index is 0.0580. The van der Waals surface area contributed by atoms with Crippen molar-refractivity contribution in [1.29, 1.82) is 0 Å². The Morgan fingerprint density at radius 2 is 2.25 bits per heavy atom. The highest BCUT2D eigenvalue weighted by Gasteiger charge is 2.20. The molecule has 2 amide bonds. The SMILES string of the molecule is CCCCN(CC(N)=O)C(=O)c1nn[nH]n1. The zero-order valence-corrected chi connectivity index (χ0v) is 9.01. The van der Waals surface area contributed by atoms with Crippen LogP contribution in [0.4, 0.5) is 0 Å². The number of hydrogen-bond donors (Lipinski definition) is 2. The highest BCUT2D eigenvalue weighted by molar-refractivity contribution is 5.92. The summed E-state index contributed by atoms with van der Waals surface area (Å²) < 4.78 is 0. The van der Waals surface area contributed by atoms with Crippen LogP contribution in [0.1, 0.15) is 30.4 Å². The monoisotopic (exact) mass is 226 g/mol. The van der Waals surface area contributed by atoms with Gasteiger partial charge >= 0.3 is 0 Å². The van der Waals surface area contributed by atoms with Gasteiger partial charge in [-0.05, 0) is 11.6 Å². The molecule has 0 saturated heterocycles. The number of carbonyl (C=O) groups is 2. The Hall–Kier alpha value is -1.99. The maximum atomic E-state index is 11.8. The maximum Gasteiger partial charge on any atom is 0.295 e. The highest BCUT2D eigenvalue weighted by Crippen LogP contribution is 2.00. The summed E-state index contributed by atoms with van der Waals surface area (Å²) in [6.45, 7) is 2.31. The fourth-order valence-electron chi connectivity index (χ4n) is 1.18. The van der Waals surface area contributed by atoms with E-state index in [-0.39, 0.29) is 12.4 Å². The molecule has 16 heavy (non-hydrogen) atoms. The fourth-order valence-corrected chi connectivity index (χ4v) is 1.18. The second-order valence-electron chi connectivity index (χ2n) is 3.28. The van der Waals surface area contributed by atoms with Crippen molar-refractivity contribution in [3.63, 3.8) is 0 Å². The van der Waals surface area contributed by atoms with E-state index in [2.05, 4.69) is 20.6 Å². The van der Waals surface area contributed by atoms with Crippen LogP contribution >= 0.6 is 0 Å². The molecule has 1 aromatic rings. The van der Waals surface area contributed by atoms with Crippen LogP contribution in [0.15, 0.2) is 0 Å². The average Bonchev–Trinajstić information content (AvgIpc) is 2.76. The fraction of sp³-hybridized carbons (Fsp3) is 0.625. The van der Waals surface area contributed by atoms with Crippen LogP contribution in [0.2, 0.25) is 0 Å². The molecule has 8 nitrogen and oxygen atoms in total. The Morgan fingerprint density at radius 3 is 2.75 bits per heavy atom. The Labute approximate surface area is 92.2 Å². The minimum Gasteiger partial charge on any atom is -0.368 e. The zero-order valence-electron chi connectivity index (χ0n) is 9.01. The molecule has 3 N–H and O–H groups in total. The quantitative estimate of drug-likeness (QED) is 0.640. The molecule has 0 aliphatic rings. The van der Waals surface area contributed by atoms with E-state index in [1.54, 1.807) is 0 Å². The van der Waals surface area contributed by atoms with Crippen molar-refractivity contribution in [1.82, 2.24) is 25.5 Å². The van der Waals surface area contributed by atoms with Gasteiger partial charge in [-0.1, -0.05) is 13.3 Å². The van der Waals surface area contributed by atoms with Gasteiger partial charge in [0.05, 0.1) is 6.54 Å². The average molecular weight is 226 g/mol. The predicted octanol–water partition coefficient (Wildman–Crippen LogP) is -1.07. The Morgan fingerprint density at radius 1 is 1.50 bits per heavy atom. The molecule has 0 aliphatic carbocycles. The van der Waals surface area contributed by atoms with Gasteiger partial charge in [-0.15, -0.1) is 10.2 Å². The second-order valence-corrected chi connectivity index (χ2v) is 3.28. The molecule has 1 rings (SSSR count). The lowest BCUT2D eigenvalue weighted by molar-refractivity contribution is -0.118. The van der Waals surface area contributed by atoms with Crippen molar-refractivity contribution in [2.75, 3.05) is 13.1 Å². The third-order valence-electron chi connectivity index (χ3n) is 1.95. The lowest BCUT2D eigenvalue weighted by Crippen LogP contribution is -2.39. The molecule has 0 fully saturated rings. The predicted molar refractivity (Wildman–Crippen MR) is 54.2 cm³/mol. The summed E-state index contributed by atoms with van der Waals surface area (Å²) in [5.74, 6) is -1.06. The largest absolute Gasteiger partial charge is 0.368 e. The summed E-state index contributed by atoms with van der Waals surface area (Å²) in [7, 11) is 0. The Kier molecular flexibility index (Phi) is 4.37. The Bertz CT molecular complexity index is 349. The number of nitrogens with one attached hydrogen (secondary N) is 1. The first-order valence-electron chi connectivity index (χ1n) is 4.96. The summed E-state index contributed by atoms with van der Waals surface area (Å²) in [6, 6.07) is 0. The summed E-state index contributed by atoms with van der Waals surface area (Å²) in [5, 5.41) is 12.6. The first-order chi connectivity index (χ1) is 7.65. The van der Waals surface area contributed by atoms with Gasteiger partial charge in [0.2, 0.25) is 5.91 Å². The minimum atomic E-state index is -0.562. The van der Waals surface area contributed by atoms with Gasteiger partial charge in [0.25, 0.3) is 11.7 Å². The molecule has 0 saturated carbocycles. The number of nitrogens with two attached hydrogens (primary N) is 1. The van der Waals surface area contributed by atoms with Crippen molar-refractivity contribution in [3.8, 4) is 0 Å². The molecule has 1 heterocycles. The molecule has 0 spiro atoms. The third kappa shape index (κ3) is 3.30. The molecule has 0 bridgehead atoms. The van der Waals surface area contributed by atoms with E-state index < -0.39 is 11.8 Å². The molecule has 0 aromatic carbocycles. The topological polar surface area (TPSA) is 118 Å². The molecular formula is C8H14N6O2. The number of aromatic amines is 1. The number of carbonyl (C=O) groups excluding carboxylic acids is 2. The number of H-pyrrole nitrogens is 1. The first kappa shape index (κ1) is 12.1. The molecular weight excluding hydrogens is 212 g/mol. The molecule has 0 atom stereocenters. The smallest absolute Gasteiger partial charge is 0.295 e. The lowest BCUT2D eigenvalue weighted by Gasteiger charge is -2.18. The maximum absolute atomic E-state index is 11.8. The number of aromatic nitrogens is 4. The van der Waals surface area contributed by atoms with Crippen molar-refractivity contribution >= 4 is 11.8 Å². The van der Waals surface area contributed by atoms with Gasteiger partial charge in [-0.3, -0.25) is 9.59 Å². The van der Waals surface area contributed by atoms with Crippen molar-refractivity contribution in [2.24, 2.45) is 5.73 Å². The van der Waals surface area contributed by atoms with Crippen LogP contribution in [0, 0.1) is 0 Å². The van der Waals surface area contributed by atoms with E-state index in [1.165, 1.54) is 4.90 Å². The van der Waals surface area contributed by atoms with Gasteiger partial charge in [-0.2, -0.15) is 5.21 Å². The van der Waals surface area contributed by atoms with E-state index >= 15 is 0 Å². The number of nitrogens with zero attached hydrogens (tertiary/aromatic N) is 4. The molecule has 0 radical (unpaired) electrons. The van der Waals surface area contributed by atoms with Crippen LogP contribution in [0.3, 0.4) is 0 Å². The second kappa shape index (κ2) is 5.79. The molecule has 0 unspecified atom stereocenters. The zero-order chi connectivity index (χ0) is 12.0. The number of primary amides is 1. The molecule has 88 valence electrons. The van der Waals surface area contributed by atoms with Crippen molar-refractivity contribution < 1.29 is 9.59 Å². The summed E-state index contributed by atoms with van der Waals surface area (Å²) in [5.41, 5.74) is 5.06. The van der Waals surface area contributed by atoms with E-state index in [0.717, 1.165) is 12.8 Å². The van der Waals surface area contributed by atoms with Gasteiger partial charge in [0.1, 0.15) is 0 Å². The van der Waals surface area contributed by atoms with E-state index in [0.29, 0.717) is 6.54 Å².